The molecule has 10 heteroatoms. The highest BCUT2D eigenvalue weighted by Crippen LogP contribution is 2.31. The van der Waals surface area contributed by atoms with Crippen molar-refractivity contribution in [3.05, 3.63) is 41.6 Å². The standard InChI is InChI=1S/C21H24N4O3S3/c1-16-20(29-15-12-22)30-21(23-16)24-19(26)11-8-17-6-9-18(10-7-17)31(27,28)25-13-4-2-3-5-14-25/h6-11H,2-5,13-15H2,1H3,(H,23,24,26)/b11-8+. The minimum atomic E-state index is -3.48. The number of nitrogens with one attached hydrogen (secondary N) is 1. The molecule has 1 amide bonds. The van der Waals surface area contributed by atoms with E-state index in [1.165, 1.54) is 29.2 Å². The van der Waals surface area contributed by atoms with E-state index in [1.54, 1.807) is 34.6 Å². The third kappa shape index (κ3) is 6.40. The van der Waals surface area contributed by atoms with Gasteiger partial charge in [0, 0.05) is 19.2 Å². The lowest BCUT2D eigenvalue weighted by molar-refractivity contribution is -0.111. The highest BCUT2D eigenvalue weighted by atomic mass is 32.2. The van der Waals surface area contributed by atoms with E-state index in [9.17, 15) is 13.2 Å². The molecule has 0 unspecified atom stereocenters. The van der Waals surface area contributed by atoms with Gasteiger partial charge in [0.05, 0.1) is 26.6 Å². The van der Waals surface area contributed by atoms with Gasteiger partial charge in [0.15, 0.2) is 5.13 Å². The van der Waals surface area contributed by atoms with E-state index >= 15 is 0 Å². The molecule has 1 aliphatic heterocycles. The monoisotopic (exact) mass is 476 g/mol. The number of aromatic nitrogens is 1. The highest BCUT2D eigenvalue weighted by Gasteiger charge is 2.24. The normalized spacial score (nSPS) is 15.5. The Morgan fingerprint density at radius 3 is 2.58 bits per heavy atom. The van der Waals surface area contributed by atoms with Gasteiger partial charge in [-0.15, -0.1) is 0 Å². The van der Waals surface area contributed by atoms with Crippen molar-refractivity contribution in [2.75, 3.05) is 24.2 Å². The molecular formula is C21H24N4O3S3. The summed E-state index contributed by atoms with van der Waals surface area (Å²) in [4.78, 5) is 16.8. The van der Waals surface area contributed by atoms with Crippen LogP contribution in [0.2, 0.25) is 0 Å². The Morgan fingerprint density at radius 2 is 1.94 bits per heavy atom. The third-order valence-corrected chi connectivity index (χ3v) is 8.98. The summed E-state index contributed by atoms with van der Waals surface area (Å²) in [6, 6.07) is 8.62. The fourth-order valence-corrected chi connectivity index (χ4v) is 6.49. The lowest BCUT2D eigenvalue weighted by Crippen LogP contribution is -2.31. The number of nitrogens with zero attached hydrogens (tertiary/aromatic N) is 3. The quantitative estimate of drug-likeness (QED) is 0.472. The molecule has 1 saturated heterocycles. The molecule has 1 N–H and O–H groups in total. The summed E-state index contributed by atoms with van der Waals surface area (Å²) in [5.41, 5.74) is 1.51. The van der Waals surface area contributed by atoms with Gasteiger partial charge >= 0.3 is 0 Å². The van der Waals surface area contributed by atoms with E-state index in [0.29, 0.717) is 24.0 Å². The second-order valence-corrected chi connectivity index (χ2v) is 11.2. The van der Waals surface area contributed by atoms with Crippen LogP contribution in [0.3, 0.4) is 0 Å². The maximum atomic E-state index is 12.8. The van der Waals surface area contributed by atoms with Gasteiger partial charge in [-0.1, -0.05) is 48.1 Å². The molecule has 2 heterocycles. The first-order valence-electron chi connectivity index (χ1n) is 9.96. The maximum absolute atomic E-state index is 12.8. The molecule has 3 rings (SSSR count). The van der Waals surface area contributed by atoms with Crippen LogP contribution in [0.4, 0.5) is 5.13 Å². The molecule has 2 aromatic rings. The lowest BCUT2D eigenvalue weighted by atomic mass is 10.2. The number of sulfonamides is 1. The molecular weight excluding hydrogens is 452 g/mol. The first kappa shape index (κ1) is 23.5. The number of anilines is 1. The number of carbonyl (C=O) groups excluding carboxylic acids is 1. The number of rotatable bonds is 7. The Balaban J connectivity index is 1.61. The van der Waals surface area contributed by atoms with Crippen LogP contribution in [0, 0.1) is 18.3 Å². The average molecular weight is 477 g/mol. The van der Waals surface area contributed by atoms with Gasteiger partial charge < -0.3 is 0 Å². The summed E-state index contributed by atoms with van der Waals surface area (Å²) >= 11 is 2.73. The number of hydrogen-bond acceptors (Lipinski definition) is 7. The number of hydrogen-bond donors (Lipinski definition) is 1. The molecule has 0 spiro atoms. The molecule has 1 aromatic carbocycles. The first-order valence-corrected chi connectivity index (χ1v) is 13.2. The molecule has 0 aliphatic carbocycles. The molecule has 0 atom stereocenters. The van der Waals surface area contributed by atoms with Crippen molar-refractivity contribution in [1.82, 2.24) is 9.29 Å². The van der Waals surface area contributed by atoms with E-state index < -0.39 is 10.0 Å². The van der Waals surface area contributed by atoms with Crippen LogP contribution >= 0.6 is 23.1 Å². The van der Waals surface area contributed by atoms with Crippen molar-refractivity contribution in [3.63, 3.8) is 0 Å². The van der Waals surface area contributed by atoms with Crippen molar-refractivity contribution in [2.45, 2.75) is 41.7 Å². The van der Waals surface area contributed by atoms with Crippen LogP contribution in [0.1, 0.15) is 36.9 Å². The number of nitriles is 1. The van der Waals surface area contributed by atoms with Crippen LogP contribution in [0.25, 0.3) is 6.08 Å². The predicted molar refractivity (Wildman–Crippen MR) is 125 cm³/mol. The number of carbonyl (C=O) groups is 1. The SMILES string of the molecule is Cc1nc(NC(=O)/C=C/c2ccc(S(=O)(=O)N3CCCCCC3)cc2)sc1SCC#N. The van der Waals surface area contributed by atoms with Crippen LogP contribution in [-0.4, -0.2) is 42.5 Å². The van der Waals surface area contributed by atoms with Crippen LogP contribution in [0.15, 0.2) is 39.4 Å². The smallest absolute Gasteiger partial charge is 0.250 e. The third-order valence-electron chi connectivity index (χ3n) is 4.76. The van der Waals surface area contributed by atoms with E-state index in [4.69, 9.17) is 5.26 Å². The number of thioether (sulfide) groups is 1. The Bertz CT molecular complexity index is 1080. The van der Waals surface area contributed by atoms with Gasteiger partial charge in [-0.3, -0.25) is 10.1 Å². The number of thiazole rings is 1. The minimum absolute atomic E-state index is 0.275. The fourth-order valence-electron chi connectivity index (χ4n) is 3.17. The molecule has 7 nitrogen and oxygen atoms in total. The molecule has 0 bridgehead atoms. The number of amides is 1. The zero-order valence-electron chi connectivity index (χ0n) is 17.2. The molecule has 164 valence electrons. The Morgan fingerprint density at radius 1 is 1.26 bits per heavy atom. The Hall–Kier alpha value is -2.19. The summed E-state index contributed by atoms with van der Waals surface area (Å²) in [5, 5.41) is 11.9. The van der Waals surface area contributed by atoms with Gasteiger partial charge in [-0.05, 0) is 43.5 Å². The highest BCUT2D eigenvalue weighted by molar-refractivity contribution is 8.01. The lowest BCUT2D eigenvalue weighted by Gasteiger charge is -2.19. The topological polar surface area (TPSA) is 103 Å². The second kappa shape index (κ2) is 10.9. The van der Waals surface area contributed by atoms with Gasteiger partial charge in [0.25, 0.3) is 0 Å². The Labute approximate surface area is 191 Å². The van der Waals surface area contributed by atoms with E-state index in [1.807, 2.05) is 6.92 Å². The predicted octanol–water partition coefficient (Wildman–Crippen LogP) is 4.28. The zero-order chi connectivity index (χ0) is 22.3. The van der Waals surface area contributed by atoms with Crippen LogP contribution in [0.5, 0.6) is 0 Å². The number of aryl methyl sites for hydroxylation is 1. The summed E-state index contributed by atoms with van der Waals surface area (Å²) in [5.74, 6) is 0.00614. The van der Waals surface area contributed by atoms with Crippen LogP contribution < -0.4 is 5.32 Å². The first-order chi connectivity index (χ1) is 14.9. The average Bonchev–Trinajstić information content (AvgIpc) is 2.95. The molecule has 1 aliphatic rings. The van der Waals surface area contributed by atoms with Gasteiger partial charge in [-0.25, -0.2) is 13.4 Å². The molecule has 1 fully saturated rings. The minimum Gasteiger partial charge on any atom is -0.298 e. The van der Waals surface area contributed by atoms with Gasteiger partial charge in [0.2, 0.25) is 15.9 Å². The summed E-state index contributed by atoms with van der Waals surface area (Å²) in [6.07, 6.45) is 6.94. The van der Waals surface area contributed by atoms with E-state index in [2.05, 4.69) is 16.4 Å². The zero-order valence-corrected chi connectivity index (χ0v) is 19.7. The maximum Gasteiger partial charge on any atom is 0.250 e. The van der Waals surface area contributed by atoms with Crippen molar-refractivity contribution in [1.29, 1.82) is 5.26 Å². The van der Waals surface area contributed by atoms with Crippen LogP contribution in [-0.2, 0) is 14.8 Å². The van der Waals surface area contributed by atoms with E-state index in [0.717, 1.165) is 41.1 Å². The van der Waals surface area contributed by atoms with Crippen molar-refractivity contribution >= 4 is 50.2 Å². The summed E-state index contributed by atoms with van der Waals surface area (Å²) in [6.45, 7) is 2.97. The summed E-state index contributed by atoms with van der Waals surface area (Å²) < 4.78 is 28.1. The Kier molecular flexibility index (Phi) is 8.26. The fraction of sp³-hybridized carbons (Fsp3) is 0.381. The van der Waals surface area contributed by atoms with E-state index in [-0.39, 0.29) is 10.8 Å². The molecule has 0 radical (unpaired) electrons. The van der Waals surface area contributed by atoms with Crippen molar-refractivity contribution < 1.29 is 13.2 Å². The van der Waals surface area contributed by atoms with Gasteiger partial charge in [0.1, 0.15) is 0 Å². The van der Waals surface area contributed by atoms with Crippen molar-refractivity contribution in [3.8, 4) is 6.07 Å². The van der Waals surface area contributed by atoms with Gasteiger partial charge in [-0.2, -0.15) is 9.57 Å². The largest absolute Gasteiger partial charge is 0.298 e. The molecule has 1 aromatic heterocycles. The summed E-state index contributed by atoms with van der Waals surface area (Å²) in [7, 11) is -3.48. The second-order valence-electron chi connectivity index (χ2n) is 7.05. The number of benzene rings is 1. The molecule has 31 heavy (non-hydrogen) atoms. The van der Waals surface area contributed by atoms with Crippen molar-refractivity contribution in [2.24, 2.45) is 0 Å². The molecule has 0 saturated carbocycles.